The molecule has 58 heavy (non-hydrogen) atoms. The van der Waals surface area contributed by atoms with Crippen molar-refractivity contribution >= 4 is 47.2 Å². The number of ketones is 1. The van der Waals surface area contributed by atoms with E-state index < -0.39 is 89.6 Å². The van der Waals surface area contributed by atoms with Crippen LogP contribution < -0.4 is 27.0 Å². The first-order valence-corrected chi connectivity index (χ1v) is 19.8. The molecule has 5 unspecified atom stereocenters. The van der Waals surface area contributed by atoms with E-state index in [9.17, 15) is 43.5 Å². The Kier molecular flexibility index (Phi) is 16.1. The molecule has 2 aromatic carbocycles. The van der Waals surface area contributed by atoms with Crippen LogP contribution in [0.3, 0.4) is 0 Å². The molecule has 7 N–H and O–H groups in total. The fourth-order valence-electron chi connectivity index (χ4n) is 7.53. The second-order valence-corrected chi connectivity index (χ2v) is 15.9. The molecule has 1 saturated carbocycles. The zero-order valence-electron chi connectivity index (χ0n) is 33.6. The van der Waals surface area contributed by atoms with Gasteiger partial charge >= 0.3 is 5.97 Å². The Morgan fingerprint density at radius 3 is 2.22 bits per heavy atom. The minimum Gasteiger partial charge on any atom is -0.481 e. The van der Waals surface area contributed by atoms with Gasteiger partial charge in [-0.2, -0.15) is 0 Å². The van der Waals surface area contributed by atoms with Crippen molar-refractivity contribution in [1.82, 2.24) is 26.2 Å². The van der Waals surface area contributed by atoms with E-state index in [0.29, 0.717) is 30.4 Å². The molecule has 1 aliphatic carbocycles. The first-order valence-electron chi connectivity index (χ1n) is 19.8. The van der Waals surface area contributed by atoms with E-state index in [0.717, 1.165) is 19.3 Å². The van der Waals surface area contributed by atoms with Crippen LogP contribution >= 0.6 is 0 Å². The molecular weight excluding hydrogens is 748 g/mol. The van der Waals surface area contributed by atoms with Crippen molar-refractivity contribution in [2.75, 3.05) is 13.1 Å². The molecule has 4 rings (SSSR count). The molecule has 5 atom stereocenters. The van der Waals surface area contributed by atoms with Crippen LogP contribution in [0.25, 0.3) is 0 Å². The number of carbonyl (C=O) groups is 8. The molecule has 1 heterocycles. The molecule has 0 aromatic heterocycles. The number of nitrogens with two attached hydrogens (primary N) is 1. The lowest BCUT2D eigenvalue weighted by Crippen LogP contribution is -2.58. The Hall–Kier alpha value is -5.64. The summed E-state index contributed by atoms with van der Waals surface area (Å²) in [5.74, 6) is -6.76. The highest BCUT2D eigenvalue weighted by molar-refractivity contribution is 6.38. The first-order chi connectivity index (χ1) is 27.5. The summed E-state index contributed by atoms with van der Waals surface area (Å²) in [6, 6.07) is 9.85. The third kappa shape index (κ3) is 12.9. The van der Waals surface area contributed by atoms with Crippen LogP contribution in [0.5, 0.6) is 0 Å². The van der Waals surface area contributed by atoms with E-state index in [-0.39, 0.29) is 37.3 Å². The number of aliphatic carboxylic acids is 1. The Bertz CT molecular complexity index is 1820. The average Bonchev–Trinajstić information content (AvgIpc) is 3.60. The van der Waals surface area contributed by atoms with Gasteiger partial charge in [-0.3, -0.25) is 38.4 Å². The van der Waals surface area contributed by atoms with Gasteiger partial charge in [0.05, 0.1) is 30.7 Å². The number of benzene rings is 2. The Labute approximate surface area is 338 Å². The maximum absolute atomic E-state index is 14.7. The number of carbonyl (C=O) groups excluding carboxylic acids is 7. The molecule has 2 fully saturated rings. The molecule has 6 amide bonds. The van der Waals surface area contributed by atoms with E-state index in [2.05, 4.69) is 21.3 Å². The smallest absolute Gasteiger partial charge is 0.307 e. The number of nitrogens with zero attached hydrogens (tertiary/aromatic N) is 1. The van der Waals surface area contributed by atoms with Crippen molar-refractivity contribution in [3.63, 3.8) is 0 Å². The summed E-state index contributed by atoms with van der Waals surface area (Å²) in [4.78, 5) is 106. The second kappa shape index (κ2) is 20.7. The standard InChI is InChI=1S/C42H56N6O10/c1-5-13-30(36(52)40(56)44-23-32(49)46-34(37(43)53)26-15-8-6-9-16-26)45-39(55)31-22-29(58-42(2,3)4)24-48(31)41(57)35(27-17-10-7-11-18-27)47-38(54)28-19-12-14-25(20-28)21-33(50)51/h6,8-9,12,14-16,19-20,27,29-31,34-35H,5,7,10-11,13,17-18,21-24H2,1-4H3,(H2,43,53)(H,44,56)(H,45,55)(H,46,49)(H,47,54)(H,50,51). The van der Waals surface area contributed by atoms with Crippen LogP contribution in [-0.2, 0) is 44.7 Å². The number of hydrogen-bond donors (Lipinski definition) is 6. The lowest BCUT2D eigenvalue weighted by Gasteiger charge is -2.35. The number of primary amides is 1. The third-order valence-electron chi connectivity index (χ3n) is 10.2. The van der Waals surface area contributed by atoms with E-state index in [1.165, 1.54) is 11.0 Å². The molecule has 0 radical (unpaired) electrons. The predicted octanol–water partition coefficient (Wildman–Crippen LogP) is 2.09. The quantitative estimate of drug-likeness (QED) is 0.120. The van der Waals surface area contributed by atoms with Crippen LogP contribution in [0.2, 0.25) is 0 Å². The van der Waals surface area contributed by atoms with Crippen molar-refractivity contribution in [2.45, 2.75) is 121 Å². The van der Waals surface area contributed by atoms with Crippen LogP contribution in [-0.4, -0.2) is 100 Å². The number of amides is 6. The summed E-state index contributed by atoms with van der Waals surface area (Å²) in [6.07, 6.45) is 3.71. The number of rotatable bonds is 18. The predicted molar refractivity (Wildman–Crippen MR) is 212 cm³/mol. The summed E-state index contributed by atoms with van der Waals surface area (Å²) in [5.41, 5.74) is 5.89. The largest absolute Gasteiger partial charge is 0.481 e. The van der Waals surface area contributed by atoms with Gasteiger partial charge < -0.3 is 41.7 Å². The number of Topliss-reactive ketones (excluding diaryl/α,β-unsaturated/α-hetero) is 1. The molecule has 16 nitrogen and oxygen atoms in total. The van der Waals surface area contributed by atoms with Gasteiger partial charge in [-0.15, -0.1) is 0 Å². The number of nitrogens with one attached hydrogen (secondary N) is 4. The van der Waals surface area contributed by atoms with E-state index in [1.54, 1.807) is 55.5 Å². The average molecular weight is 805 g/mol. The first kappa shape index (κ1) is 45.1. The number of carboxylic acids is 1. The highest BCUT2D eigenvalue weighted by Crippen LogP contribution is 2.31. The van der Waals surface area contributed by atoms with Crippen molar-refractivity contribution in [3.05, 3.63) is 71.3 Å². The zero-order chi connectivity index (χ0) is 42.6. The second-order valence-electron chi connectivity index (χ2n) is 15.9. The maximum Gasteiger partial charge on any atom is 0.307 e. The van der Waals surface area contributed by atoms with Crippen molar-refractivity contribution in [2.24, 2.45) is 11.7 Å². The van der Waals surface area contributed by atoms with E-state index in [4.69, 9.17) is 10.5 Å². The minimum atomic E-state index is -1.30. The lowest BCUT2D eigenvalue weighted by atomic mass is 9.83. The van der Waals surface area contributed by atoms with E-state index >= 15 is 0 Å². The van der Waals surface area contributed by atoms with Gasteiger partial charge in [-0.1, -0.05) is 75.1 Å². The third-order valence-corrected chi connectivity index (χ3v) is 10.2. The Morgan fingerprint density at radius 1 is 0.914 bits per heavy atom. The highest BCUT2D eigenvalue weighted by Gasteiger charge is 2.46. The molecule has 16 heteroatoms. The normalized spacial score (nSPS) is 18.6. The molecule has 2 aliphatic rings. The molecule has 1 saturated heterocycles. The SMILES string of the molecule is CCCC(NC(=O)C1CC(OC(C)(C)C)CN1C(=O)C(NC(=O)c1cccc(CC(=O)O)c1)C1CCCCC1)C(=O)C(=O)NCC(=O)NC(C(N)=O)c1ccccc1. The minimum absolute atomic E-state index is 0.0264. The van der Waals surface area contributed by atoms with Crippen molar-refractivity contribution < 1.29 is 48.2 Å². The number of hydrogen-bond acceptors (Lipinski definition) is 9. The molecule has 314 valence electrons. The molecule has 0 bridgehead atoms. The van der Waals surface area contributed by atoms with Crippen LogP contribution in [0.1, 0.15) is 107 Å². The topological polar surface area (TPSA) is 243 Å². The fraction of sp³-hybridized carbons (Fsp3) is 0.524. The number of ether oxygens (including phenoxy) is 1. The summed E-state index contributed by atoms with van der Waals surface area (Å²) in [7, 11) is 0. The van der Waals surface area contributed by atoms with Crippen LogP contribution in [0, 0.1) is 5.92 Å². The van der Waals surface area contributed by atoms with Gasteiger partial charge in [0, 0.05) is 18.5 Å². The van der Waals surface area contributed by atoms with Crippen LogP contribution in [0.15, 0.2) is 54.6 Å². The van der Waals surface area contributed by atoms with Gasteiger partial charge in [0.2, 0.25) is 29.4 Å². The Morgan fingerprint density at radius 2 is 1.60 bits per heavy atom. The van der Waals surface area contributed by atoms with Gasteiger partial charge in [0.15, 0.2) is 0 Å². The molecular formula is C42H56N6O10. The molecule has 0 spiro atoms. The summed E-state index contributed by atoms with van der Waals surface area (Å²) < 4.78 is 6.24. The van der Waals surface area contributed by atoms with Crippen LogP contribution in [0.4, 0.5) is 0 Å². The fourth-order valence-corrected chi connectivity index (χ4v) is 7.53. The monoisotopic (exact) mass is 804 g/mol. The van der Waals surface area contributed by atoms with Gasteiger partial charge in [-0.25, -0.2) is 0 Å². The van der Waals surface area contributed by atoms with Crippen molar-refractivity contribution in [1.29, 1.82) is 0 Å². The summed E-state index contributed by atoms with van der Waals surface area (Å²) in [6.45, 7) is 6.68. The van der Waals surface area contributed by atoms with Gasteiger partial charge in [0.25, 0.3) is 11.8 Å². The Balaban J connectivity index is 1.51. The lowest BCUT2D eigenvalue weighted by molar-refractivity contribution is -0.143. The maximum atomic E-state index is 14.7. The van der Waals surface area contributed by atoms with Crippen molar-refractivity contribution in [3.8, 4) is 0 Å². The highest BCUT2D eigenvalue weighted by atomic mass is 16.5. The zero-order valence-corrected chi connectivity index (χ0v) is 33.6. The van der Waals surface area contributed by atoms with Gasteiger partial charge in [0.1, 0.15) is 18.1 Å². The molecule has 1 aliphatic heterocycles. The number of likely N-dealkylation sites (tertiary alicyclic amines) is 1. The summed E-state index contributed by atoms with van der Waals surface area (Å²) in [5, 5.41) is 19.6. The van der Waals surface area contributed by atoms with Gasteiger partial charge in [-0.05, 0) is 69.2 Å². The summed E-state index contributed by atoms with van der Waals surface area (Å²) >= 11 is 0. The molecule has 2 aromatic rings. The van der Waals surface area contributed by atoms with E-state index in [1.807, 2.05) is 20.8 Å². The number of carboxylic acid groups (broad SMARTS) is 1.